The quantitative estimate of drug-likeness (QED) is 0.145. The Bertz CT molecular complexity index is 3310. The van der Waals surface area contributed by atoms with E-state index in [-0.39, 0.29) is 0 Å². The van der Waals surface area contributed by atoms with Gasteiger partial charge in [-0.25, -0.2) is 0 Å². The Morgan fingerprint density at radius 1 is 0.242 bits per heavy atom. The fraction of sp³-hybridized carbons (Fsp3) is 0. The number of rotatable bonds is 9. The minimum Gasteiger partial charge on any atom is -0.455 e. The highest BCUT2D eigenvalue weighted by Crippen LogP contribution is 2.46. The van der Waals surface area contributed by atoms with E-state index in [2.05, 4.69) is 241 Å². The fourth-order valence-electron chi connectivity index (χ4n) is 8.92. The van der Waals surface area contributed by atoms with Crippen LogP contribution in [0, 0.1) is 0 Å². The molecule has 0 amide bonds. The normalized spacial score (nSPS) is 11.2. The summed E-state index contributed by atoms with van der Waals surface area (Å²) in [5.74, 6) is 0. The average Bonchev–Trinajstić information content (AvgIpc) is 3.75. The van der Waals surface area contributed by atoms with Gasteiger partial charge in [-0.3, -0.25) is 0 Å². The van der Waals surface area contributed by atoms with Crippen molar-refractivity contribution in [2.75, 3.05) is 4.90 Å². The number of furan rings is 1. The second-order valence-electron chi connectivity index (χ2n) is 15.6. The molecule has 0 bridgehead atoms. The number of benzene rings is 10. The van der Waals surface area contributed by atoms with Gasteiger partial charge in [-0.15, -0.1) is 0 Å². The molecule has 10 aromatic carbocycles. The first-order valence-corrected chi connectivity index (χ1v) is 21.2. The zero-order valence-corrected chi connectivity index (χ0v) is 34.0. The van der Waals surface area contributed by atoms with E-state index in [0.717, 1.165) is 55.7 Å². The van der Waals surface area contributed by atoms with Gasteiger partial charge in [0, 0.05) is 33.3 Å². The van der Waals surface area contributed by atoms with Crippen molar-refractivity contribution in [3.63, 3.8) is 0 Å². The van der Waals surface area contributed by atoms with E-state index in [1.807, 2.05) is 12.1 Å². The Balaban J connectivity index is 1.03. The Labute approximate surface area is 362 Å². The van der Waals surface area contributed by atoms with Crippen LogP contribution < -0.4 is 4.90 Å². The van der Waals surface area contributed by atoms with E-state index < -0.39 is 0 Å². The van der Waals surface area contributed by atoms with Crippen molar-refractivity contribution in [3.8, 4) is 66.8 Å². The van der Waals surface area contributed by atoms with Gasteiger partial charge < -0.3 is 9.32 Å². The lowest BCUT2D eigenvalue weighted by molar-refractivity contribution is 0.670. The first kappa shape index (κ1) is 36.8. The molecule has 0 spiro atoms. The highest BCUT2D eigenvalue weighted by molar-refractivity contribution is 6.09. The number of anilines is 3. The molecule has 0 aliphatic carbocycles. The summed E-state index contributed by atoms with van der Waals surface area (Å²) in [5, 5.41) is 2.26. The van der Waals surface area contributed by atoms with Crippen molar-refractivity contribution >= 4 is 39.0 Å². The van der Waals surface area contributed by atoms with Crippen molar-refractivity contribution in [2.24, 2.45) is 0 Å². The molecule has 1 aromatic heterocycles. The maximum absolute atomic E-state index is 6.47. The molecule has 0 saturated carbocycles. The Morgan fingerprint density at radius 2 is 0.629 bits per heavy atom. The van der Waals surface area contributed by atoms with Crippen LogP contribution in [0.2, 0.25) is 0 Å². The first-order chi connectivity index (χ1) is 30.8. The molecule has 62 heavy (non-hydrogen) atoms. The van der Waals surface area contributed by atoms with Crippen molar-refractivity contribution < 1.29 is 4.42 Å². The van der Waals surface area contributed by atoms with E-state index in [1.54, 1.807) is 0 Å². The van der Waals surface area contributed by atoms with Crippen molar-refractivity contribution in [1.82, 2.24) is 0 Å². The van der Waals surface area contributed by atoms with Crippen molar-refractivity contribution in [1.29, 1.82) is 0 Å². The molecule has 0 fully saturated rings. The van der Waals surface area contributed by atoms with Crippen LogP contribution >= 0.6 is 0 Å². The summed E-state index contributed by atoms with van der Waals surface area (Å²) < 4.78 is 6.47. The van der Waals surface area contributed by atoms with Gasteiger partial charge in [-0.05, 0) is 92.0 Å². The van der Waals surface area contributed by atoms with E-state index in [0.29, 0.717) is 0 Å². The SMILES string of the molecule is c1ccc(-c2ccc(-c3ccc(N(c4ccc(-c5cccc6c5oc5ccccc56)cc4)c4ccccc4-c4ccccc4-c4ccccc4-c4ccccc4)cc3)cc2)cc1. The maximum Gasteiger partial charge on any atom is 0.143 e. The molecule has 11 aromatic rings. The molecule has 11 rings (SSSR count). The van der Waals surface area contributed by atoms with Crippen molar-refractivity contribution in [3.05, 3.63) is 249 Å². The third-order valence-corrected chi connectivity index (χ3v) is 12.0. The number of nitrogens with zero attached hydrogens (tertiary/aromatic N) is 1. The number of para-hydroxylation sites is 3. The summed E-state index contributed by atoms with van der Waals surface area (Å²) in [4.78, 5) is 2.39. The lowest BCUT2D eigenvalue weighted by Crippen LogP contribution is -2.11. The molecule has 0 aliphatic heterocycles. The molecule has 0 radical (unpaired) electrons. The monoisotopic (exact) mass is 791 g/mol. The summed E-state index contributed by atoms with van der Waals surface area (Å²) in [6.45, 7) is 0. The van der Waals surface area contributed by atoms with Crippen LogP contribution in [0.4, 0.5) is 17.1 Å². The predicted molar refractivity (Wildman–Crippen MR) is 261 cm³/mol. The Kier molecular flexibility index (Phi) is 9.57. The first-order valence-electron chi connectivity index (χ1n) is 21.2. The summed E-state index contributed by atoms with van der Waals surface area (Å²) in [5.41, 5.74) is 19.0. The van der Waals surface area contributed by atoms with Crippen LogP contribution in [0.3, 0.4) is 0 Å². The molecule has 2 heteroatoms. The van der Waals surface area contributed by atoms with Gasteiger partial charge in [-0.1, -0.05) is 212 Å². The van der Waals surface area contributed by atoms with Crippen LogP contribution in [-0.2, 0) is 0 Å². The van der Waals surface area contributed by atoms with Gasteiger partial charge in [0.05, 0.1) is 5.69 Å². The van der Waals surface area contributed by atoms with Gasteiger partial charge in [0.25, 0.3) is 0 Å². The smallest absolute Gasteiger partial charge is 0.143 e. The zero-order valence-electron chi connectivity index (χ0n) is 34.0. The second kappa shape index (κ2) is 16.1. The summed E-state index contributed by atoms with van der Waals surface area (Å²) >= 11 is 0. The minimum absolute atomic E-state index is 0.900. The highest BCUT2D eigenvalue weighted by atomic mass is 16.3. The molecule has 0 unspecified atom stereocenters. The van der Waals surface area contributed by atoms with Gasteiger partial charge in [0.1, 0.15) is 11.2 Å². The molecule has 1 heterocycles. The fourth-order valence-corrected chi connectivity index (χ4v) is 8.92. The zero-order chi connectivity index (χ0) is 41.2. The van der Waals surface area contributed by atoms with Crippen LogP contribution in [0.5, 0.6) is 0 Å². The van der Waals surface area contributed by atoms with Crippen LogP contribution in [0.25, 0.3) is 88.7 Å². The Morgan fingerprint density at radius 3 is 1.26 bits per heavy atom. The topological polar surface area (TPSA) is 16.4 Å². The van der Waals surface area contributed by atoms with E-state index >= 15 is 0 Å². The minimum atomic E-state index is 0.900. The van der Waals surface area contributed by atoms with E-state index in [1.165, 1.54) is 50.1 Å². The number of hydrogen-bond acceptors (Lipinski definition) is 2. The summed E-state index contributed by atoms with van der Waals surface area (Å²) in [6, 6.07) is 89.0. The highest BCUT2D eigenvalue weighted by Gasteiger charge is 2.21. The molecule has 2 nitrogen and oxygen atoms in total. The van der Waals surface area contributed by atoms with Gasteiger partial charge in [-0.2, -0.15) is 0 Å². The molecule has 0 atom stereocenters. The lowest BCUT2D eigenvalue weighted by atomic mass is 9.88. The van der Waals surface area contributed by atoms with E-state index in [4.69, 9.17) is 4.42 Å². The van der Waals surface area contributed by atoms with Gasteiger partial charge in [0.15, 0.2) is 0 Å². The lowest BCUT2D eigenvalue weighted by Gasteiger charge is -2.29. The molecular formula is C60H41NO. The average molecular weight is 792 g/mol. The van der Waals surface area contributed by atoms with Crippen LogP contribution in [0.15, 0.2) is 253 Å². The Hall–Kier alpha value is -8.20. The number of hydrogen-bond donors (Lipinski definition) is 0. The third kappa shape index (κ3) is 6.84. The molecule has 0 saturated heterocycles. The van der Waals surface area contributed by atoms with Crippen LogP contribution in [0.1, 0.15) is 0 Å². The predicted octanol–water partition coefficient (Wildman–Crippen LogP) is 17.1. The van der Waals surface area contributed by atoms with E-state index in [9.17, 15) is 0 Å². The van der Waals surface area contributed by atoms with Crippen molar-refractivity contribution in [2.45, 2.75) is 0 Å². The summed E-state index contributed by atoms with van der Waals surface area (Å²) in [6.07, 6.45) is 0. The standard InChI is InChI=1S/C60H41NO/c1-3-16-42(17-4-1)43-30-32-44(33-31-43)45-34-38-48(39-35-45)61(49-40-36-47(37-41-49)51-26-15-27-57-56-25-12-14-29-59(56)62-60(51)57)58-28-13-11-24-55(58)54-23-10-9-22-53(54)52-21-8-7-20-50(52)46-18-5-2-6-19-46/h1-41H. The third-order valence-electron chi connectivity index (χ3n) is 12.0. The molecule has 292 valence electrons. The second-order valence-corrected chi connectivity index (χ2v) is 15.6. The molecule has 0 aliphatic rings. The molecular weight excluding hydrogens is 751 g/mol. The largest absolute Gasteiger partial charge is 0.455 e. The summed E-state index contributed by atoms with van der Waals surface area (Å²) in [7, 11) is 0. The number of fused-ring (bicyclic) bond motifs is 3. The molecule has 0 N–H and O–H groups in total. The van der Waals surface area contributed by atoms with Crippen LogP contribution in [-0.4, -0.2) is 0 Å². The maximum atomic E-state index is 6.47. The van der Waals surface area contributed by atoms with Gasteiger partial charge in [0.2, 0.25) is 0 Å². The van der Waals surface area contributed by atoms with Gasteiger partial charge >= 0.3 is 0 Å².